The number of Topliss-reactive ketones (excluding diaryl/α,β-unsaturated/α-hetero) is 1. The van der Waals surface area contributed by atoms with Gasteiger partial charge in [-0.15, -0.1) is 0 Å². The van der Waals surface area contributed by atoms with E-state index in [0.717, 1.165) is 18.2 Å². The zero-order valence-electron chi connectivity index (χ0n) is 10.8. The standard InChI is InChI=1S/C11H13ClN2O5S/c1-7(2)10(15)6-13-20(18,19)11-5-8(14(16)17)3-4-9(11)12/h3-5,7,13H,6H2,1-2H3. The second kappa shape index (κ2) is 6.29. The summed E-state index contributed by atoms with van der Waals surface area (Å²) in [5.74, 6) is -0.617. The number of hydrogen-bond donors (Lipinski definition) is 1. The fourth-order valence-electron chi connectivity index (χ4n) is 1.26. The number of non-ortho nitro benzene ring substituents is 1. The van der Waals surface area contributed by atoms with Crippen LogP contribution in [0.1, 0.15) is 13.8 Å². The van der Waals surface area contributed by atoms with E-state index in [-0.39, 0.29) is 23.3 Å². The van der Waals surface area contributed by atoms with E-state index in [9.17, 15) is 23.3 Å². The second-order valence-electron chi connectivity index (χ2n) is 4.32. The third-order valence-corrected chi connectivity index (χ3v) is 4.38. The molecule has 1 rings (SSSR count). The number of benzene rings is 1. The molecular weight excluding hydrogens is 308 g/mol. The van der Waals surface area contributed by atoms with E-state index in [4.69, 9.17) is 11.6 Å². The Morgan fingerprint density at radius 1 is 1.45 bits per heavy atom. The SMILES string of the molecule is CC(C)C(=O)CNS(=O)(=O)c1cc([N+](=O)[O-])ccc1Cl. The minimum absolute atomic E-state index is 0.153. The van der Waals surface area contributed by atoms with Crippen LogP contribution in [0.5, 0.6) is 0 Å². The molecular formula is C11H13ClN2O5S. The van der Waals surface area contributed by atoms with Gasteiger partial charge in [0.25, 0.3) is 5.69 Å². The van der Waals surface area contributed by atoms with Crippen molar-refractivity contribution >= 4 is 33.1 Å². The van der Waals surface area contributed by atoms with Gasteiger partial charge in [0.05, 0.1) is 16.5 Å². The van der Waals surface area contributed by atoms with Crippen LogP contribution >= 0.6 is 11.6 Å². The number of nitro groups is 1. The van der Waals surface area contributed by atoms with Crippen LogP contribution in [0.2, 0.25) is 5.02 Å². The maximum absolute atomic E-state index is 12.0. The Bertz CT molecular complexity index is 642. The lowest BCUT2D eigenvalue weighted by atomic mass is 10.1. The molecule has 1 aromatic rings. The third kappa shape index (κ3) is 3.99. The molecule has 0 saturated heterocycles. The normalized spacial score (nSPS) is 11.6. The minimum atomic E-state index is -4.08. The summed E-state index contributed by atoms with van der Waals surface area (Å²) in [6.07, 6.45) is 0. The highest BCUT2D eigenvalue weighted by Gasteiger charge is 2.22. The van der Waals surface area contributed by atoms with Gasteiger partial charge < -0.3 is 0 Å². The Labute approximate surface area is 121 Å². The van der Waals surface area contributed by atoms with Crippen molar-refractivity contribution in [2.45, 2.75) is 18.7 Å². The molecule has 9 heteroatoms. The molecule has 0 fully saturated rings. The first-order chi connectivity index (χ1) is 9.15. The average Bonchev–Trinajstić information content (AvgIpc) is 2.35. The summed E-state index contributed by atoms with van der Waals surface area (Å²) in [5.41, 5.74) is -0.398. The molecule has 0 amide bonds. The van der Waals surface area contributed by atoms with Gasteiger partial charge in [0, 0.05) is 18.1 Å². The van der Waals surface area contributed by atoms with Crippen LogP contribution in [-0.2, 0) is 14.8 Å². The number of carbonyl (C=O) groups excluding carboxylic acids is 1. The van der Waals surface area contributed by atoms with Crippen LogP contribution < -0.4 is 4.72 Å². The number of nitro benzene ring substituents is 1. The lowest BCUT2D eigenvalue weighted by molar-refractivity contribution is -0.385. The molecule has 0 atom stereocenters. The highest BCUT2D eigenvalue weighted by molar-refractivity contribution is 7.89. The summed E-state index contributed by atoms with van der Waals surface area (Å²) in [6, 6.07) is 3.07. The van der Waals surface area contributed by atoms with Gasteiger partial charge in [-0.1, -0.05) is 25.4 Å². The molecule has 0 aliphatic heterocycles. The van der Waals surface area contributed by atoms with E-state index >= 15 is 0 Å². The molecule has 0 radical (unpaired) electrons. The molecule has 0 heterocycles. The van der Waals surface area contributed by atoms with E-state index in [0.29, 0.717) is 0 Å². The van der Waals surface area contributed by atoms with Gasteiger partial charge in [-0.2, -0.15) is 0 Å². The van der Waals surface area contributed by atoms with Crippen LogP contribution in [0.3, 0.4) is 0 Å². The van der Waals surface area contributed by atoms with Crippen LogP contribution in [-0.4, -0.2) is 25.7 Å². The molecule has 1 N–H and O–H groups in total. The Balaban J connectivity index is 3.06. The van der Waals surface area contributed by atoms with Gasteiger partial charge in [0.2, 0.25) is 10.0 Å². The van der Waals surface area contributed by atoms with E-state index in [1.54, 1.807) is 13.8 Å². The molecule has 0 aliphatic carbocycles. The number of carbonyl (C=O) groups is 1. The van der Waals surface area contributed by atoms with Crippen molar-refractivity contribution in [1.82, 2.24) is 4.72 Å². The Morgan fingerprint density at radius 3 is 2.55 bits per heavy atom. The molecule has 0 saturated carbocycles. The molecule has 20 heavy (non-hydrogen) atoms. The van der Waals surface area contributed by atoms with Gasteiger partial charge in [0.15, 0.2) is 0 Å². The number of rotatable bonds is 6. The predicted molar refractivity (Wildman–Crippen MR) is 73.1 cm³/mol. The molecule has 1 aromatic carbocycles. The quantitative estimate of drug-likeness (QED) is 0.634. The molecule has 0 aliphatic rings. The number of nitrogens with one attached hydrogen (secondary N) is 1. The summed E-state index contributed by atoms with van der Waals surface area (Å²) >= 11 is 5.74. The first kappa shape index (κ1) is 16.5. The van der Waals surface area contributed by atoms with Crippen molar-refractivity contribution in [3.63, 3.8) is 0 Å². The maximum Gasteiger partial charge on any atom is 0.270 e. The van der Waals surface area contributed by atoms with Crippen LogP contribution in [0.15, 0.2) is 23.1 Å². The summed E-state index contributed by atoms with van der Waals surface area (Å²) < 4.78 is 26.0. The van der Waals surface area contributed by atoms with Crippen molar-refractivity contribution in [2.24, 2.45) is 5.92 Å². The Morgan fingerprint density at radius 2 is 2.05 bits per heavy atom. The zero-order valence-corrected chi connectivity index (χ0v) is 12.4. The first-order valence-corrected chi connectivity index (χ1v) is 7.47. The highest BCUT2D eigenvalue weighted by Crippen LogP contribution is 2.25. The van der Waals surface area contributed by atoms with Gasteiger partial charge >= 0.3 is 0 Å². The summed E-state index contributed by atoms with van der Waals surface area (Å²) in [5, 5.41) is 10.5. The van der Waals surface area contributed by atoms with E-state index in [2.05, 4.69) is 4.72 Å². The van der Waals surface area contributed by atoms with Gasteiger partial charge in [-0.05, 0) is 6.07 Å². The Kier molecular flexibility index (Phi) is 5.21. The minimum Gasteiger partial charge on any atom is -0.298 e. The number of sulfonamides is 1. The topological polar surface area (TPSA) is 106 Å². The van der Waals surface area contributed by atoms with Crippen LogP contribution in [0, 0.1) is 16.0 Å². The van der Waals surface area contributed by atoms with Gasteiger partial charge in [-0.25, -0.2) is 13.1 Å². The largest absolute Gasteiger partial charge is 0.298 e. The van der Waals surface area contributed by atoms with Crippen molar-refractivity contribution in [3.8, 4) is 0 Å². The average molecular weight is 321 g/mol. The van der Waals surface area contributed by atoms with E-state index < -0.39 is 25.5 Å². The number of nitrogens with zero attached hydrogens (tertiary/aromatic N) is 1. The lowest BCUT2D eigenvalue weighted by Crippen LogP contribution is -2.31. The first-order valence-electron chi connectivity index (χ1n) is 5.61. The summed E-state index contributed by atoms with van der Waals surface area (Å²) in [4.78, 5) is 20.9. The van der Waals surface area contributed by atoms with Gasteiger partial charge in [-0.3, -0.25) is 14.9 Å². The third-order valence-electron chi connectivity index (χ3n) is 2.50. The number of hydrogen-bond acceptors (Lipinski definition) is 5. The summed E-state index contributed by atoms with van der Waals surface area (Å²) in [7, 11) is -4.08. The van der Waals surface area contributed by atoms with Crippen LogP contribution in [0.4, 0.5) is 5.69 Å². The molecule has 0 aromatic heterocycles. The predicted octanol–water partition coefficient (Wildman–Crippen LogP) is 1.75. The van der Waals surface area contributed by atoms with Crippen molar-refractivity contribution < 1.29 is 18.1 Å². The van der Waals surface area contributed by atoms with Crippen molar-refractivity contribution in [1.29, 1.82) is 0 Å². The second-order valence-corrected chi connectivity index (χ2v) is 6.46. The van der Waals surface area contributed by atoms with Gasteiger partial charge in [0.1, 0.15) is 10.7 Å². The van der Waals surface area contributed by atoms with E-state index in [1.165, 1.54) is 0 Å². The number of halogens is 1. The van der Waals surface area contributed by atoms with E-state index in [1.807, 2.05) is 0 Å². The fraction of sp³-hybridized carbons (Fsp3) is 0.364. The molecule has 110 valence electrons. The summed E-state index contributed by atoms with van der Waals surface area (Å²) in [6.45, 7) is 2.88. The molecule has 0 spiro atoms. The number of ketones is 1. The lowest BCUT2D eigenvalue weighted by Gasteiger charge is -2.09. The maximum atomic E-state index is 12.0. The van der Waals surface area contributed by atoms with Crippen molar-refractivity contribution in [2.75, 3.05) is 6.54 Å². The monoisotopic (exact) mass is 320 g/mol. The smallest absolute Gasteiger partial charge is 0.270 e. The fourth-order valence-corrected chi connectivity index (χ4v) is 2.77. The zero-order chi connectivity index (χ0) is 15.5. The molecule has 0 bridgehead atoms. The van der Waals surface area contributed by atoms with Crippen LogP contribution in [0.25, 0.3) is 0 Å². The Hall–Kier alpha value is -1.51. The van der Waals surface area contributed by atoms with Crippen molar-refractivity contribution in [3.05, 3.63) is 33.3 Å². The molecule has 0 unspecified atom stereocenters. The highest BCUT2D eigenvalue weighted by atomic mass is 35.5. The molecule has 7 nitrogen and oxygen atoms in total.